The minimum atomic E-state index is 0. The third kappa shape index (κ3) is 7.27. The van der Waals surface area contributed by atoms with E-state index in [0.29, 0.717) is 12.3 Å². The highest BCUT2D eigenvalue weighted by Gasteiger charge is 2.29. The van der Waals surface area contributed by atoms with E-state index in [-0.39, 0.29) is 29.9 Å². The quantitative estimate of drug-likeness (QED) is 0.319. The van der Waals surface area contributed by atoms with Crippen molar-refractivity contribution in [3.63, 3.8) is 0 Å². The van der Waals surface area contributed by atoms with Crippen LogP contribution in [0.4, 0.5) is 0 Å². The molecule has 30 heavy (non-hydrogen) atoms. The van der Waals surface area contributed by atoms with Crippen molar-refractivity contribution in [3.05, 3.63) is 65.5 Å². The number of nitrogens with one attached hydrogen (secondary N) is 2. The second kappa shape index (κ2) is 12.5. The SMILES string of the molecule is CN=C(NCCc1ccncc1C)NCC1CC(=O)N(CCc2ccccc2)C1.I. The molecule has 7 heteroatoms. The number of carbonyl (C=O) groups is 1. The lowest BCUT2D eigenvalue weighted by Gasteiger charge is -2.18. The van der Waals surface area contributed by atoms with Crippen LogP contribution in [0.5, 0.6) is 0 Å². The lowest BCUT2D eigenvalue weighted by Crippen LogP contribution is -2.41. The standard InChI is InChI=1S/C23H31N5O.HI/c1-18-15-25-11-8-21(18)9-12-26-23(24-2)27-16-20-14-22(29)28(17-20)13-10-19-6-4-3-5-7-19;/h3-8,11,15,20H,9-10,12-14,16-17H2,1-2H3,(H2,24,26,27);1H. The fourth-order valence-electron chi connectivity index (χ4n) is 3.68. The van der Waals surface area contributed by atoms with E-state index in [0.717, 1.165) is 45.0 Å². The Kier molecular flexibility index (Phi) is 10.1. The van der Waals surface area contributed by atoms with Crippen molar-refractivity contribution in [1.82, 2.24) is 20.5 Å². The molecule has 1 aromatic carbocycles. The lowest BCUT2D eigenvalue weighted by molar-refractivity contribution is -0.127. The Morgan fingerprint density at radius 2 is 2.00 bits per heavy atom. The summed E-state index contributed by atoms with van der Waals surface area (Å²) in [6, 6.07) is 12.4. The summed E-state index contributed by atoms with van der Waals surface area (Å²) in [5, 5.41) is 6.73. The summed E-state index contributed by atoms with van der Waals surface area (Å²) in [6.07, 6.45) is 6.16. The van der Waals surface area contributed by atoms with Gasteiger partial charge >= 0.3 is 0 Å². The van der Waals surface area contributed by atoms with Crippen LogP contribution >= 0.6 is 24.0 Å². The minimum Gasteiger partial charge on any atom is -0.356 e. The number of guanidine groups is 1. The average Bonchev–Trinajstić information content (AvgIpc) is 3.10. The lowest BCUT2D eigenvalue weighted by atomic mass is 10.1. The zero-order chi connectivity index (χ0) is 20.5. The largest absolute Gasteiger partial charge is 0.356 e. The fourth-order valence-corrected chi connectivity index (χ4v) is 3.68. The molecule has 6 nitrogen and oxygen atoms in total. The van der Waals surface area contributed by atoms with Crippen LogP contribution < -0.4 is 10.6 Å². The van der Waals surface area contributed by atoms with Gasteiger partial charge in [-0.2, -0.15) is 0 Å². The second-order valence-corrected chi connectivity index (χ2v) is 7.58. The molecular formula is C23H32IN5O. The van der Waals surface area contributed by atoms with E-state index in [1.54, 1.807) is 7.05 Å². The number of carbonyl (C=O) groups excluding carboxylic acids is 1. The number of rotatable bonds is 8. The van der Waals surface area contributed by atoms with Crippen LogP contribution in [0.3, 0.4) is 0 Å². The van der Waals surface area contributed by atoms with Gasteiger partial charge in [0.05, 0.1) is 0 Å². The van der Waals surface area contributed by atoms with Crippen molar-refractivity contribution in [3.8, 4) is 0 Å². The van der Waals surface area contributed by atoms with Crippen molar-refractivity contribution < 1.29 is 4.79 Å². The van der Waals surface area contributed by atoms with Crippen molar-refractivity contribution in [2.24, 2.45) is 10.9 Å². The summed E-state index contributed by atoms with van der Waals surface area (Å²) in [5.74, 6) is 1.36. The first-order valence-corrected chi connectivity index (χ1v) is 10.3. The average molecular weight is 521 g/mol. The topological polar surface area (TPSA) is 69.6 Å². The number of nitrogens with zero attached hydrogens (tertiary/aromatic N) is 3. The maximum absolute atomic E-state index is 12.3. The van der Waals surface area contributed by atoms with Gasteiger partial charge in [0.1, 0.15) is 0 Å². The number of aliphatic imine (C=N–C) groups is 1. The Hall–Kier alpha value is -2.16. The van der Waals surface area contributed by atoms with Crippen LogP contribution in [0.2, 0.25) is 0 Å². The fraction of sp³-hybridized carbons (Fsp3) is 0.435. The van der Waals surface area contributed by atoms with Gasteiger partial charge in [0, 0.05) is 58.0 Å². The van der Waals surface area contributed by atoms with Crippen LogP contribution in [-0.2, 0) is 17.6 Å². The first-order chi connectivity index (χ1) is 14.2. The molecule has 1 saturated heterocycles. The Morgan fingerprint density at radius 3 is 2.73 bits per heavy atom. The van der Waals surface area contributed by atoms with Gasteiger partial charge in [0.25, 0.3) is 0 Å². The molecule has 1 aliphatic rings. The number of aryl methyl sites for hydroxylation is 1. The Morgan fingerprint density at radius 1 is 1.20 bits per heavy atom. The van der Waals surface area contributed by atoms with Gasteiger partial charge < -0.3 is 15.5 Å². The van der Waals surface area contributed by atoms with Crippen molar-refractivity contribution in [2.45, 2.75) is 26.2 Å². The van der Waals surface area contributed by atoms with Crippen LogP contribution in [0.15, 0.2) is 53.8 Å². The molecular weight excluding hydrogens is 489 g/mol. The summed E-state index contributed by atoms with van der Waals surface area (Å²) >= 11 is 0. The molecule has 1 fully saturated rings. The van der Waals surface area contributed by atoms with E-state index in [1.807, 2.05) is 35.5 Å². The van der Waals surface area contributed by atoms with Gasteiger partial charge in [-0.05, 0) is 42.5 Å². The number of halogens is 1. The molecule has 1 unspecified atom stereocenters. The molecule has 0 saturated carbocycles. The van der Waals surface area contributed by atoms with Crippen molar-refractivity contribution >= 4 is 35.8 Å². The summed E-state index contributed by atoms with van der Waals surface area (Å²) in [5.41, 5.74) is 3.77. The summed E-state index contributed by atoms with van der Waals surface area (Å²) in [4.78, 5) is 22.7. The molecule has 162 valence electrons. The van der Waals surface area contributed by atoms with Crippen molar-refractivity contribution in [2.75, 3.05) is 33.2 Å². The van der Waals surface area contributed by atoms with Gasteiger partial charge in [-0.25, -0.2) is 0 Å². The zero-order valence-electron chi connectivity index (χ0n) is 17.8. The summed E-state index contributed by atoms with van der Waals surface area (Å²) in [7, 11) is 1.78. The molecule has 0 bridgehead atoms. The molecule has 0 radical (unpaired) electrons. The predicted molar refractivity (Wildman–Crippen MR) is 132 cm³/mol. The predicted octanol–water partition coefficient (Wildman–Crippen LogP) is 2.81. The van der Waals surface area contributed by atoms with E-state index in [1.165, 1.54) is 16.7 Å². The molecule has 0 aliphatic carbocycles. The number of pyridine rings is 1. The third-order valence-corrected chi connectivity index (χ3v) is 5.41. The molecule has 1 aliphatic heterocycles. The maximum atomic E-state index is 12.3. The van der Waals surface area contributed by atoms with E-state index in [2.05, 4.69) is 45.7 Å². The highest BCUT2D eigenvalue weighted by Crippen LogP contribution is 2.17. The van der Waals surface area contributed by atoms with Gasteiger partial charge in [-0.1, -0.05) is 30.3 Å². The monoisotopic (exact) mass is 521 g/mol. The molecule has 2 N–H and O–H groups in total. The van der Waals surface area contributed by atoms with E-state index >= 15 is 0 Å². The minimum absolute atomic E-state index is 0. The van der Waals surface area contributed by atoms with Crippen LogP contribution in [0, 0.1) is 12.8 Å². The van der Waals surface area contributed by atoms with Gasteiger partial charge in [-0.15, -0.1) is 24.0 Å². The molecule has 2 aromatic rings. The smallest absolute Gasteiger partial charge is 0.223 e. The third-order valence-electron chi connectivity index (χ3n) is 5.41. The van der Waals surface area contributed by atoms with Crippen molar-refractivity contribution in [1.29, 1.82) is 0 Å². The van der Waals surface area contributed by atoms with Crippen LogP contribution in [0.25, 0.3) is 0 Å². The molecule has 0 spiro atoms. The van der Waals surface area contributed by atoms with E-state index in [4.69, 9.17) is 0 Å². The highest BCUT2D eigenvalue weighted by molar-refractivity contribution is 14.0. The molecule has 1 amide bonds. The first-order valence-electron chi connectivity index (χ1n) is 10.3. The second-order valence-electron chi connectivity index (χ2n) is 7.58. The Labute approximate surface area is 196 Å². The van der Waals surface area contributed by atoms with E-state index in [9.17, 15) is 4.79 Å². The summed E-state index contributed by atoms with van der Waals surface area (Å²) in [6.45, 7) is 5.23. The molecule has 2 heterocycles. The van der Waals surface area contributed by atoms with Crippen LogP contribution in [-0.4, -0.2) is 55.0 Å². The van der Waals surface area contributed by atoms with Gasteiger partial charge in [0.2, 0.25) is 5.91 Å². The van der Waals surface area contributed by atoms with Gasteiger partial charge in [-0.3, -0.25) is 14.8 Å². The number of likely N-dealkylation sites (tertiary alicyclic amines) is 1. The number of hydrogen-bond donors (Lipinski definition) is 2. The number of hydrogen-bond acceptors (Lipinski definition) is 3. The maximum Gasteiger partial charge on any atom is 0.223 e. The number of amides is 1. The molecule has 3 rings (SSSR count). The summed E-state index contributed by atoms with van der Waals surface area (Å²) < 4.78 is 0. The number of benzene rings is 1. The molecule has 1 atom stereocenters. The normalized spacial score (nSPS) is 16.3. The Balaban J connectivity index is 0.00000320. The molecule has 1 aromatic heterocycles. The number of aromatic nitrogens is 1. The van der Waals surface area contributed by atoms with E-state index < -0.39 is 0 Å². The first kappa shape index (κ1) is 24.1. The zero-order valence-corrected chi connectivity index (χ0v) is 20.1. The highest BCUT2D eigenvalue weighted by atomic mass is 127. The van der Waals surface area contributed by atoms with Crippen LogP contribution in [0.1, 0.15) is 23.1 Å². The Bertz CT molecular complexity index is 827. The van der Waals surface area contributed by atoms with Gasteiger partial charge in [0.15, 0.2) is 5.96 Å².